The first-order valence-corrected chi connectivity index (χ1v) is 5.52. The molecule has 2 unspecified atom stereocenters. The van der Waals surface area contributed by atoms with Gasteiger partial charge in [-0.25, -0.2) is 4.79 Å². The van der Waals surface area contributed by atoms with Crippen LogP contribution < -0.4 is 0 Å². The Morgan fingerprint density at radius 3 is 2.64 bits per heavy atom. The summed E-state index contributed by atoms with van der Waals surface area (Å²) >= 11 is 1.44. The summed E-state index contributed by atoms with van der Waals surface area (Å²) in [5.41, 5.74) is -1.44. The van der Waals surface area contributed by atoms with Gasteiger partial charge in [-0.3, -0.25) is 0 Å². The number of carbonyl (C=O) groups excluding carboxylic acids is 1. The fourth-order valence-electron chi connectivity index (χ4n) is 0.848. The van der Waals surface area contributed by atoms with Gasteiger partial charge in [0.05, 0.1) is 7.11 Å². The van der Waals surface area contributed by atoms with E-state index in [-0.39, 0.29) is 17.6 Å². The van der Waals surface area contributed by atoms with Gasteiger partial charge in [0, 0.05) is 17.6 Å². The molecule has 0 aromatic rings. The highest BCUT2D eigenvalue weighted by molar-refractivity contribution is 7.99. The van der Waals surface area contributed by atoms with Gasteiger partial charge in [-0.15, -0.1) is 0 Å². The van der Waals surface area contributed by atoms with E-state index in [4.69, 9.17) is 5.11 Å². The second-order valence-electron chi connectivity index (χ2n) is 3.40. The number of hydrogen-bond acceptors (Lipinski definition) is 5. The molecule has 0 saturated heterocycles. The van der Waals surface area contributed by atoms with Crippen LogP contribution in [0.1, 0.15) is 20.3 Å². The molecule has 0 rings (SSSR count). The normalized spacial score (nSPS) is 17.2. The van der Waals surface area contributed by atoms with Crippen molar-refractivity contribution in [2.45, 2.75) is 31.1 Å². The number of aliphatic hydroxyl groups is 2. The maximum Gasteiger partial charge on any atom is 0.338 e. The van der Waals surface area contributed by atoms with E-state index in [0.717, 1.165) is 0 Å². The number of rotatable bonds is 6. The van der Waals surface area contributed by atoms with Crippen molar-refractivity contribution in [3.8, 4) is 0 Å². The van der Waals surface area contributed by atoms with Crippen LogP contribution in [0, 0.1) is 0 Å². The summed E-state index contributed by atoms with van der Waals surface area (Å²) in [4.78, 5) is 11.1. The molecule has 84 valence electrons. The summed E-state index contributed by atoms with van der Waals surface area (Å²) in [6.07, 6.45) is 0.655. The molecule has 4 nitrogen and oxygen atoms in total. The Morgan fingerprint density at radius 2 is 2.21 bits per heavy atom. The Bertz CT molecular complexity index is 182. The summed E-state index contributed by atoms with van der Waals surface area (Å²) in [7, 11) is 1.25. The zero-order valence-electron chi connectivity index (χ0n) is 8.82. The predicted molar refractivity (Wildman–Crippen MR) is 56.3 cm³/mol. The minimum absolute atomic E-state index is 0.120. The first-order valence-electron chi connectivity index (χ1n) is 4.47. The van der Waals surface area contributed by atoms with E-state index in [1.807, 2.05) is 6.92 Å². The van der Waals surface area contributed by atoms with E-state index >= 15 is 0 Å². The smallest absolute Gasteiger partial charge is 0.338 e. The van der Waals surface area contributed by atoms with Crippen LogP contribution in [0.25, 0.3) is 0 Å². The van der Waals surface area contributed by atoms with Crippen LogP contribution in [-0.2, 0) is 9.53 Å². The van der Waals surface area contributed by atoms with Crippen molar-refractivity contribution in [2.24, 2.45) is 0 Å². The predicted octanol–water partition coefficient (Wildman–Crippen LogP) is 0.414. The monoisotopic (exact) mass is 222 g/mol. The molecule has 0 saturated carbocycles. The minimum Gasteiger partial charge on any atom is -0.467 e. The number of thioether (sulfide) groups is 1. The maximum atomic E-state index is 11.1. The molecule has 0 spiro atoms. The number of methoxy groups -OCH3 is 1. The first-order chi connectivity index (χ1) is 6.44. The Hall–Kier alpha value is -0.260. The highest BCUT2D eigenvalue weighted by atomic mass is 32.2. The molecule has 0 aromatic heterocycles. The molecule has 2 atom stereocenters. The van der Waals surface area contributed by atoms with Crippen LogP contribution in [0.4, 0.5) is 0 Å². The fourth-order valence-corrected chi connectivity index (χ4v) is 1.85. The highest BCUT2D eigenvalue weighted by Crippen LogP contribution is 2.20. The number of carbonyl (C=O) groups is 1. The number of esters is 1. The summed E-state index contributed by atoms with van der Waals surface area (Å²) in [5.74, 6) is -0.345. The van der Waals surface area contributed by atoms with Crippen LogP contribution in [0.15, 0.2) is 0 Å². The lowest BCUT2D eigenvalue weighted by Gasteiger charge is -2.21. The molecule has 0 aromatic carbocycles. The lowest BCUT2D eigenvalue weighted by Crippen LogP contribution is -2.39. The largest absolute Gasteiger partial charge is 0.467 e. The van der Waals surface area contributed by atoms with Gasteiger partial charge in [-0.05, 0) is 13.3 Å². The van der Waals surface area contributed by atoms with E-state index in [0.29, 0.717) is 6.42 Å². The third kappa shape index (κ3) is 4.83. The van der Waals surface area contributed by atoms with E-state index in [1.54, 1.807) is 0 Å². The lowest BCUT2D eigenvalue weighted by molar-refractivity contribution is -0.158. The Labute approximate surface area is 88.6 Å². The standard InChI is InChI=1S/C9H18O4S/c1-7(4-5-10)14-6-9(2,12)8(11)13-3/h7,10,12H,4-6H2,1-3H3. The van der Waals surface area contributed by atoms with E-state index in [1.165, 1.54) is 25.8 Å². The van der Waals surface area contributed by atoms with Gasteiger partial charge in [-0.1, -0.05) is 6.92 Å². The molecule has 0 aliphatic rings. The molecule has 0 amide bonds. The van der Waals surface area contributed by atoms with Crippen LogP contribution in [-0.4, -0.2) is 46.5 Å². The SMILES string of the molecule is COC(=O)C(C)(O)CSC(C)CCO. The molecule has 14 heavy (non-hydrogen) atoms. The van der Waals surface area contributed by atoms with Gasteiger partial charge >= 0.3 is 5.97 Å². The van der Waals surface area contributed by atoms with Gasteiger partial charge in [0.25, 0.3) is 0 Å². The average Bonchev–Trinajstić information content (AvgIpc) is 2.14. The van der Waals surface area contributed by atoms with Gasteiger partial charge in [0.2, 0.25) is 0 Å². The summed E-state index contributed by atoms with van der Waals surface area (Å²) in [6, 6.07) is 0. The fraction of sp³-hybridized carbons (Fsp3) is 0.889. The van der Waals surface area contributed by atoms with Gasteiger partial charge in [0.15, 0.2) is 5.60 Å². The quantitative estimate of drug-likeness (QED) is 0.637. The zero-order valence-corrected chi connectivity index (χ0v) is 9.63. The van der Waals surface area contributed by atoms with E-state index < -0.39 is 11.6 Å². The second kappa shape index (κ2) is 6.27. The van der Waals surface area contributed by atoms with Crippen LogP contribution in [0.5, 0.6) is 0 Å². The Kier molecular flexibility index (Phi) is 6.15. The van der Waals surface area contributed by atoms with Crippen molar-refractivity contribution < 1.29 is 19.7 Å². The summed E-state index contributed by atoms with van der Waals surface area (Å²) in [5, 5.41) is 18.5. The van der Waals surface area contributed by atoms with Crippen molar-refractivity contribution in [1.29, 1.82) is 0 Å². The van der Waals surface area contributed by atoms with Crippen molar-refractivity contribution in [3.63, 3.8) is 0 Å². The number of ether oxygens (including phenoxy) is 1. The third-order valence-corrected chi connectivity index (χ3v) is 3.34. The summed E-state index contributed by atoms with van der Waals surface area (Å²) < 4.78 is 4.46. The molecular weight excluding hydrogens is 204 g/mol. The van der Waals surface area contributed by atoms with Crippen LogP contribution >= 0.6 is 11.8 Å². The first kappa shape index (κ1) is 13.7. The Morgan fingerprint density at radius 1 is 1.64 bits per heavy atom. The molecular formula is C9H18O4S. The third-order valence-electron chi connectivity index (χ3n) is 1.81. The summed E-state index contributed by atoms with van der Waals surface area (Å²) in [6.45, 7) is 3.49. The average molecular weight is 222 g/mol. The Balaban J connectivity index is 3.92. The minimum atomic E-state index is -1.44. The molecule has 0 aliphatic carbocycles. The van der Waals surface area contributed by atoms with Gasteiger partial charge in [0.1, 0.15) is 0 Å². The van der Waals surface area contributed by atoms with Crippen molar-refractivity contribution in [1.82, 2.24) is 0 Å². The van der Waals surface area contributed by atoms with Gasteiger partial charge in [-0.2, -0.15) is 11.8 Å². The highest BCUT2D eigenvalue weighted by Gasteiger charge is 2.31. The van der Waals surface area contributed by atoms with Crippen molar-refractivity contribution >= 4 is 17.7 Å². The second-order valence-corrected chi connectivity index (χ2v) is 4.83. The van der Waals surface area contributed by atoms with E-state index in [9.17, 15) is 9.90 Å². The number of aliphatic hydroxyl groups excluding tert-OH is 1. The van der Waals surface area contributed by atoms with Crippen molar-refractivity contribution in [2.75, 3.05) is 19.5 Å². The van der Waals surface area contributed by atoms with E-state index in [2.05, 4.69) is 4.74 Å². The molecule has 0 aliphatic heterocycles. The molecule has 0 heterocycles. The molecule has 5 heteroatoms. The van der Waals surface area contributed by atoms with Crippen LogP contribution in [0.2, 0.25) is 0 Å². The molecule has 0 fully saturated rings. The van der Waals surface area contributed by atoms with Gasteiger partial charge < -0.3 is 14.9 Å². The molecule has 0 bridgehead atoms. The maximum absolute atomic E-state index is 11.1. The molecule has 2 N–H and O–H groups in total. The zero-order chi connectivity index (χ0) is 11.2. The molecule has 0 radical (unpaired) electrons. The van der Waals surface area contributed by atoms with Crippen molar-refractivity contribution in [3.05, 3.63) is 0 Å². The lowest BCUT2D eigenvalue weighted by atomic mass is 10.1. The van der Waals surface area contributed by atoms with Crippen LogP contribution in [0.3, 0.4) is 0 Å². The topological polar surface area (TPSA) is 66.8 Å². The number of hydrogen-bond donors (Lipinski definition) is 2.